The summed E-state index contributed by atoms with van der Waals surface area (Å²) in [5.74, 6) is 1.05. The number of aryl methyl sites for hydroxylation is 1. The third kappa shape index (κ3) is 5.35. The average Bonchev–Trinajstić information content (AvgIpc) is 2.53. The number of rotatable bonds is 6. The second kappa shape index (κ2) is 8.49. The third-order valence-electron chi connectivity index (χ3n) is 5.05. The molecule has 1 aromatic rings. The molecule has 0 radical (unpaired) electrons. The van der Waals surface area contributed by atoms with Crippen molar-refractivity contribution in [2.45, 2.75) is 65.1 Å². The van der Waals surface area contributed by atoms with Crippen LogP contribution < -0.4 is 0 Å². The van der Waals surface area contributed by atoms with Gasteiger partial charge in [0, 0.05) is 0 Å². The smallest absolute Gasteiger partial charge is 0.335 e. The maximum absolute atomic E-state index is 12.2. The molecule has 1 aliphatic carbocycles. The monoisotopic (exact) mass is 318 g/mol. The van der Waals surface area contributed by atoms with Crippen molar-refractivity contribution in [2.24, 2.45) is 17.8 Å². The average molecular weight is 318 g/mol. The number of hydrogen-bond acceptors (Lipinski definition) is 3. The van der Waals surface area contributed by atoms with Crippen LogP contribution in [0.1, 0.15) is 52.0 Å². The number of carbonyl (C=O) groups excluding carboxylic acids is 1. The molecule has 1 fully saturated rings. The Balaban J connectivity index is 1.86. The lowest BCUT2D eigenvalue weighted by atomic mass is 9.75. The quantitative estimate of drug-likeness (QED) is 0.807. The van der Waals surface area contributed by atoms with Gasteiger partial charge in [0.2, 0.25) is 0 Å². The third-order valence-corrected chi connectivity index (χ3v) is 5.05. The highest BCUT2D eigenvalue weighted by Crippen LogP contribution is 2.35. The van der Waals surface area contributed by atoms with Crippen molar-refractivity contribution in [1.82, 2.24) is 0 Å². The van der Waals surface area contributed by atoms with Gasteiger partial charge in [0.25, 0.3) is 0 Å². The number of aliphatic hydroxyl groups is 1. The molecule has 3 heteroatoms. The van der Waals surface area contributed by atoms with E-state index in [0.717, 1.165) is 18.4 Å². The molecule has 3 nitrogen and oxygen atoms in total. The maximum Gasteiger partial charge on any atom is 0.335 e. The zero-order valence-corrected chi connectivity index (χ0v) is 14.6. The SMILES string of the molecule is CC1CCC(C(C)C)C(OC(=O)[C@H](O)CCc2ccccc2)C1. The first kappa shape index (κ1) is 18.0. The second-order valence-electron chi connectivity index (χ2n) is 7.34. The van der Waals surface area contributed by atoms with Crippen molar-refractivity contribution < 1.29 is 14.6 Å². The van der Waals surface area contributed by atoms with E-state index in [1.807, 2.05) is 30.3 Å². The van der Waals surface area contributed by atoms with E-state index in [-0.39, 0.29) is 6.10 Å². The Bertz CT molecular complexity index is 483. The van der Waals surface area contributed by atoms with Gasteiger partial charge in [0.1, 0.15) is 6.10 Å². The number of esters is 1. The largest absolute Gasteiger partial charge is 0.460 e. The normalized spacial score (nSPS) is 26.0. The molecule has 4 atom stereocenters. The minimum atomic E-state index is -1.03. The van der Waals surface area contributed by atoms with Crippen LogP contribution in [0, 0.1) is 17.8 Å². The van der Waals surface area contributed by atoms with Gasteiger partial charge < -0.3 is 9.84 Å². The van der Waals surface area contributed by atoms with Gasteiger partial charge in [0.15, 0.2) is 6.10 Å². The van der Waals surface area contributed by atoms with Crippen LogP contribution in [0.15, 0.2) is 30.3 Å². The Morgan fingerprint density at radius 1 is 1.26 bits per heavy atom. The Hall–Kier alpha value is -1.35. The Morgan fingerprint density at radius 3 is 2.61 bits per heavy atom. The standard InChI is InChI=1S/C20H30O3/c1-14(2)17-11-9-15(3)13-19(17)23-20(22)18(21)12-10-16-7-5-4-6-8-16/h4-8,14-15,17-19,21H,9-13H2,1-3H3/t15?,17?,18-,19?/m1/s1. The summed E-state index contributed by atoms with van der Waals surface area (Å²) in [5.41, 5.74) is 1.13. The van der Waals surface area contributed by atoms with Gasteiger partial charge in [-0.1, -0.05) is 57.5 Å². The highest BCUT2D eigenvalue weighted by molar-refractivity contribution is 5.74. The van der Waals surface area contributed by atoms with Crippen LogP contribution in [0.3, 0.4) is 0 Å². The lowest BCUT2D eigenvalue weighted by Gasteiger charge is -2.37. The van der Waals surface area contributed by atoms with Crippen LogP contribution in [0.4, 0.5) is 0 Å². The van der Waals surface area contributed by atoms with E-state index in [9.17, 15) is 9.90 Å². The molecule has 1 saturated carbocycles. The molecular weight excluding hydrogens is 288 g/mol. The van der Waals surface area contributed by atoms with E-state index >= 15 is 0 Å². The van der Waals surface area contributed by atoms with Crippen LogP contribution in [0.2, 0.25) is 0 Å². The summed E-state index contributed by atoms with van der Waals surface area (Å²) in [7, 11) is 0. The molecule has 23 heavy (non-hydrogen) atoms. The molecule has 1 aliphatic rings. The fourth-order valence-corrected chi connectivity index (χ4v) is 3.54. The van der Waals surface area contributed by atoms with E-state index in [2.05, 4.69) is 20.8 Å². The van der Waals surface area contributed by atoms with Crippen LogP contribution in [0.5, 0.6) is 0 Å². The molecule has 3 unspecified atom stereocenters. The highest BCUT2D eigenvalue weighted by Gasteiger charge is 2.34. The molecule has 0 amide bonds. The van der Waals surface area contributed by atoms with Gasteiger partial charge in [-0.25, -0.2) is 4.79 Å². The first-order chi connectivity index (χ1) is 11.0. The van der Waals surface area contributed by atoms with Crippen LogP contribution in [-0.2, 0) is 16.0 Å². The van der Waals surface area contributed by atoms with E-state index < -0.39 is 12.1 Å². The topological polar surface area (TPSA) is 46.5 Å². The molecule has 0 saturated heterocycles. The lowest BCUT2D eigenvalue weighted by molar-refractivity contribution is -0.166. The summed E-state index contributed by atoms with van der Waals surface area (Å²) in [6.07, 6.45) is 3.26. The molecule has 0 bridgehead atoms. The minimum absolute atomic E-state index is 0.0439. The first-order valence-corrected chi connectivity index (χ1v) is 8.90. The fraction of sp³-hybridized carbons (Fsp3) is 0.650. The lowest BCUT2D eigenvalue weighted by Crippen LogP contribution is -2.38. The Morgan fingerprint density at radius 2 is 1.96 bits per heavy atom. The van der Waals surface area contributed by atoms with Gasteiger partial charge in [0.05, 0.1) is 0 Å². The molecular formula is C20H30O3. The molecule has 2 rings (SSSR count). The zero-order valence-electron chi connectivity index (χ0n) is 14.6. The van der Waals surface area contributed by atoms with Crippen LogP contribution in [0.25, 0.3) is 0 Å². The zero-order chi connectivity index (χ0) is 16.8. The molecule has 1 N–H and O–H groups in total. The number of benzene rings is 1. The fourth-order valence-electron chi connectivity index (χ4n) is 3.54. The highest BCUT2D eigenvalue weighted by atomic mass is 16.6. The molecule has 0 heterocycles. The van der Waals surface area contributed by atoms with Crippen molar-refractivity contribution in [1.29, 1.82) is 0 Å². The van der Waals surface area contributed by atoms with E-state index in [1.165, 1.54) is 6.42 Å². The Kier molecular flexibility index (Phi) is 6.64. The predicted octanol–water partition coefficient (Wildman–Crippen LogP) is 3.98. The number of hydrogen-bond donors (Lipinski definition) is 1. The van der Waals surface area contributed by atoms with Crippen LogP contribution >= 0.6 is 0 Å². The maximum atomic E-state index is 12.2. The minimum Gasteiger partial charge on any atom is -0.460 e. The summed E-state index contributed by atoms with van der Waals surface area (Å²) in [6, 6.07) is 9.92. The summed E-state index contributed by atoms with van der Waals surface area (Å²) < 4.78 is 5.70. The van der Waals surface area contributed by atoms with E-state index in [4.69, 9.17) is 4.74 Å². The number of aliphatic hydroxyl groups excluding tert-OH is 1. The van der Waals surface area contributed by atoms with Gasteiger partial charge in [-0.2, -0.15) is 0 Å². The first-order valence-electron chi connectivity index (χ1n) is 8.90. The summed E-state index contributed by atoms with van der Waals surface area (Å²) in [6.45, 7) is 6.59. The van der Waals surface area contributed by atoms with Gasteiger partial charge >= 0.3 is 5.97 Å². The van der Waals surface area contributed by atoms with Gasteiger partial charge in [-0.15, -0.1) is 0 Å². The summed E-state index contributed by atoms with van der Waals surface area (Å²) in [4.78, 5) is 12.2. The predicted molar refractivity (Wildman–Crippen MR) is 92.0 cm³/mol. The van der Waals surface area contributed by atoms with E-state index in [1.54, 1.807) is 0 Å². The van der Waals surface area contributed by atoms with Crippen molar-refractivity contribution in [3.05, 3.63) is 35.9 Å². The summed E-state index contributed by atoms with van der Waals surface area (Å²) in [5, 5.41) is 10.1. The molecule has 128 valence electrons. The molecule has 0 aromatic heterocycles. The second-order valence-corrected chi connectivity index (χ2v) is 7.34. The van der Waals surface area contributed by atoms with Crippen LogP contribution in [-0.4, -0.2) is 23.3 Å². The molecule has 0 aliphatic heterocycles. The number of ether oxygens (including phenoxy) is 1. The number of carbonyl (C=O) groups is 1. The molecule has 1 aromatic carbocycles. The van der Waals surface area contributed by atoms with Gasteiger partial charge in [-0.3, -0.25) is 0 Å². The molecule has 0 spiro atoms. The van der Waals surface area contributed by atoms with E-state index in [0.29, 0.717) is 30.6 Å². The van der Waals surface area contributed by atoms with Crippen molar-refractivity contribution in [2.75, 3.05) is 0 Å². The van der Waals surface area contributed by atoms with Gasteiger partial charge in [-0.05, 0) is 49.0 Å². The Labute approximate surface area is 140 Å². The summed E-state index contributed by atoms with van der Waals surface area (Å²) >= 11 is 0. The van der Waals surface area contributed by atoms with Crippen molar-refractivity contribution in [3.8, 4) is 0 Å². The van der Waals surface area contributed by atoms with Crippen molar-refractivity contribution in [3.63, 3.8) is 0 Å². The van der Waals surface area contributed by atoms with Crippen molar-refractivity contribution >= 4 is 5.97 Å².